The minimum Gasteiger partial charge on any atom is -0.340 e. The fraction of sp³-hybridized carbons (Fsp3) is 0.889. The van der Waals surface area contributed by atoms with Crippen LogP contribution in [0.1, 0.15) is 6.42 Å². The number of halogens is 5. The zero-order valence-corrected chi connectivity index (χ0v) is 9.81. The maximum atomic E-state index is 12.6. The van der Waals surface area contributed by atoms with Crippen LogP contribution in [-0.4, -0.2) is 62.0 Å². The smallest absolute Gasteiger partial charge is 0.340 e. The second kappa shape index (κ2) is 5.61. The van der Waals surface area contributed by atoms with Crippen LogP contribution < -0.4 is 0 Å². The summed E-state index contributed by atoms with van der Waals surface area (Å²) in [5.74, 6) is -7.54. The van der Waals surface area contributed by atoms with E-state index in [0.29, 0.717) is 17.9 Å². The lowest BCUT2D eigenvalue weighted by Crippen LogP contribution is -2.51. The number of carbonyl (C=O) groups excluding carboxylic acids is 1. The molecule has 17 heavy (non-hydrogen) atoms. The van der Waals surface area contributed by atoms with Gasteiger partial charge in [-0.1, -0.05) is 0 Å². The van der Waals surface area contributed by atoms with Crippen molar-refractivity contribution >= 4 is 5.91 Å². The molecule has 0 unspecified atom stereocenters. The molecule has 1 amide bonds. The summed E-state index contributed by atoms with van der Waals surface area (Å²) in [7, 11) is 4.38. The van der Waals surface area contributed by atoms with Crippen molar-refractivity contribution in [1.29, 1.82) is 0 Å². The molecule has 0 aliphatic carbocycles. The Bertz CT molecular complexity index is 265. The van der Waals surface area contributed by atoms with E-state index in [2.05, 4.69) is 0 Å². The Balaban J connectivity index is 4.40. The van der Waals surface area contributed by atoms with Gasteiger partial charge < -0.3 is 9.80 Å². The number of amides is 1. The first-order valence-corrected chi connectivity index (χ1v) is 4.85. The second-order valence-corrected chi connectivity index (χ2v) is 3.96. The van der Waals surface area contributed by atoms with Crippen LogP contribution in [0.2, 0.25) is 0 Å². The van der Waals surface area contributed by atoms with E-state index < -0.39 is 18.0 Å². The van der Waals surface area contributed by atoms with Gasteiger partial charge in [0.25, 0.3) is 0 Å². The number of carbonyl (C=O) groups is 1. The average molecular weight is 262 g/mol. The largest absolute Gasteiger partial charge is 0.463 e. The van der Waals surface area contributed by atoms with E-state index in [1.165, 1.54) is 0 Å². The summed E-state index contributed by atoms with van der Waals surface area (Å²) in [5.41, 5.74) is 0. The van der Waals surface area contributed by atoms with E-state index in [9.17, 15) is 26.7 Å². The summed E-state index contributed by atoms with van der Waals surface area (Å²) in [5, 5.41) is 0. The lowest BCUT2D eigenvalue weighted by atomic mass is 10.2. The highest BCUT2D eigenvalue weighted by Crippen LogP contribution is 2.36. The van der Waals surface area contributed by atoms with Crippen molar-refractivity contribution in [3.05, 3.63) is 0 Å². The van der Waals surface area contributed by atoms with Gasteiger partial charge in [0.05, 0.1) is 0 Å². The van der Waals surface area contributed by atoms with Crippen LogP contribution in [0.15, 0.2) is 0 Å². The molecule has 0 aliphatic rings. The third-order valence-corrected chi connectivity index (χ3v) is 2.07. The van der Waals surface area contributed by atoms with Crippen LogP contribution in [0.25, 0.3) is 0 Å². The molecule has 0 radical (unpaired) electrons. The highest BCUT2D eigenvalue weighted by Gasteiger charge is 2.64. The molecule has 0 N–H and O–H groups in total. The Labute approximate surface area is 96.2 Å². The van der Waals surface area contributed by atoms with Gasteiger partial charge in [0.2, 0.25) is 0 Å². The first-order valence-electron chi connectivity index (χ1n) is 4.85. The number of rotatable bonds is 5. The number of alkyl halides is 5. The third kappa shape index (κ3) is 4.45. The van der Waals surface area contributed by atoms with E-state index in [0.717, 1.165) is 7.05 Å². The number of hydrogen-bond acceptors (Lipinski definition) is 2. The van der Waals surface area contributed by atoms with E-state index in [-0.39, 0.29) is 6.54 Å². The fourth-order valence-corrected chi connectivity index (χ4v) is 1.09. The molecule has 0 atom stereocenters. The zero-order chi connectivity index (χ0) is 13.9. The fourth-order valence-electron chi connectivity index (χ4n) is 1.09. The lowest BCUT2D eigenvalue weighted by molar-refractivity contribution is -0.274. The molecule has 0 saturated carbocycles. The standard InChI is InChI=1S/C9H15F5N2O/c1-15(2)5-4-6-16(3)7(17)8(10,11)9(12,13)14/h4-6H2,1-3H3. The molecule has 0 heterocycles. The molecule has 0 aliphatic heterocycles. The Hall–Kier alpha value is -0.920. The van der Waals surface area contributed by atoms with Crippen molar-refractivity contribution in [2.45, 2.75) is 18.5 Å². The van der Waals surface area contributed by atoms with Crippen LogP contribution in [-0.2, 0) is 4.79 Å². The monoisotopic (exact) mass is 262 g/mol. The van der Waals surface area contributed by atoms with Gasteiger partial charge in [-0.3, -0.25) is 4.79 Å². The van der Waals surface area contributed by atoms with E-state index in [4.69, 9.17) is 0 Å². The van der Waals surface area contributed by atoms with Crippen molar-refractivity contribution in [3.8, 4) is 0 Å². The quantitative estimate of drug-likeness (QED) is 0.702. The SMILES string of the molecule is CN(C)CCCN(C)C(=O)C(F)(F)C(F)(F)F. The van der Waals surface area contributed by atoms with Crippen LogP contribution in [0, 0.1) is 0 Å². The molecule has 0 spiro atoms. The van der Waals surface area contributed by atoms with Crippen molar-refractivity contribution in [2.75, 3.05) is 34.2 Å². The van der Waals surface area contributed by atoms with Crippen molar-refractivity contribution in [1.82, 2.24) is 9.80 Å². The molecule has 102 valence electrons. The minimum atomic E-state index is -5.85. The summed E-state index contributed by atoms with van der Waals surface area (Å²) in [6.07, 6.45) is -5.52. The predicted octanol–water partition coefficient (Wildman–Crippen LogP) is 1.59. The molecule has 0 bridgehead atoms. The Morgan fingerprint density at radius 2 is 1.47 bits per heavy atom. The Morgan fingerprint density at radius 1 is 1.00 bits per heavy atom. The Kier molecular flexibility index (Phi) is 5.31. The highest BCUT2D eigenvalue weighted by atomic mass is 19.4. The summed E-state index contributed by atoms with van der Waals surface area (Å²) in [6, 6.07) is 0. The topological polar surface area (TPSA) is 23.6 Å². The highest BCUT2D eigenvalue weighted by molar-refractivity contribution is 5.84. The van der Waals surface area contributed by atoms with Gasteiger partial charge in [0.1, 0.15) is 0 Å². The van der Waals surface area contributed by atoms with Gasteiger partial charge in [-0.2, -0.15) is 22.0 Å². The second-order valence-electron chi connectivity index (χ2n) is 3.96. The summed E-state index contributed by atoms with van der Waals surface area (Å²) in [6.45, 7) is 0.345. The summed E-state index contributed by atoms with van der Waals surface area (Å²) < 4.78 is 60.9. The van der Waals surface area contributed by atoms with Gasteiger partial charge in [-0.15, -0.1) is 0 Å². The van der Waals surface area contributed by atoms with Crippen LogP contribution in [0.5, 0.6) is 0 Å². The van der Waals surface area contributed by atoms with Crippen LogP contribution >= 0.6 is 0 Å². The molecule has 0 aromatic rings. The van der Waals surface area contributed by atoms with Crippen LogP contribution in [0.4, 0.5) is 22.0 Å². The molecular weight excluding hydrogens is 247 g/mol. The van der Waals surface area contributed by atoms with Gasteiger partial charge >= 0.3 is 18.0 Å². The van der Waals surface area contributed by atoms with Gasteiger partial charge in [0.15, 0.2) is 0 Å². The first-order chi connectivity index (χ1) is 7.50. The molecule has 0 rings (SSSR count). The van der Waals surface area contributed by atoms with E-state index >= 15 is 0 Å². The third-order valence-electron chi connectivity index (χ3n) is 2.07. The first kappa shape index (κ1) is 16.1. The minimum absolute atomic E-state index is 0.150. The van der Waals surface area contributed by atoms with Crippen molar-refractivity contribution in [3.63, 3.8) is 0 Å². The Morgan fingerprint density at radius 3 is 1.82 bits per heavy atom. The molecular formula is C9H15F5N2O. The normalized spacial score (nSPS) is 13.0. The maximum Gasteiger partial charge on any atom is 0.463 e. The molecule has 0 aromatic carbocycles. The molecule has 0 aromatic heterocycles. The molecule has 8 heteroatoms. The lowest BCUT2D eigenvalue weighted by Gasteiger charge is -2.25. The van der Waals surface area contributed by atoms with Crippen molar-refractivity contribution in [2.24, 2.45) is 0 Å². The van der Waals surface area contributed by atoms with E-state index in [1.54, 1.807) is 19.0 Å². The molecule has 0 fully saturated rings. The number of nitrogens with zero attached hydrogens (tertiary/aromatic N) is 2. The van der Waals surface area contributed by atoms with Gasteiger partial charge in [0, 0.05) is 13.6 Å². The summed E-state index contributed by atoms with van der Waals surface area (Å²) in [4.78, 5) is 13.1. The molecule has 0 saturated heterocycles. The average Bonchev–Trinajstić information content (AvgIpc) is 2.13. The maximum absolute atomic E-state index is 12.6. The van der Waals surface area contributed by atoms with Crippen LogP contribution in [0.3, 0.4) is 0 Å². The van der Waals surface area contributed by atoms with Gasteiger partial charge in [-0.25, -0.2) is 0 Å². The van der Waals surface area contributed by atoms with Crippen molar-refractivity contribution < 1.29 is 26.7 Å². The number of hydrogen-bond donors (Lipinski definition) is 0. The zero-order valence-electron chi connectivity index (χ0n) is 9.81. The van der Waals surface area contributed by atoms with Gasteiger partial charge in [-0.05, 0) is 27.1 Å². The van der Waals surface area contributed by atoms with E-state index in [1.807, 2.05) is 0 Å². The molecule has 3 nitrogen and oxygen atoms in total. The summed E-state index contributed by atoms with van der Waals surface area (Å²) >= 11 is 0. The predicted molar refractivity (Wildman–Crippen MR) is 51.8 cm³/mol.